The van der Waals surface area contributed by atoms with Gasteiger partial charge in [-0.25, -0.2) is 0 Å². The van der Waals surface area contributed by atoms with Gasteiger partial charge in [0.2, 0.25) is 0 Å². The van der Waals surface area contributed by atoms with E-state index in [1.54, 1.807) is 0 Å². The summed E-state index contributed by atoms with van der Waals surface area (Å²) in [6.45, 7) is -0.689. The fourth-order valence-electron chi connectivity index (χ4n) is 1.88. The van der Waals surface area contributed by atoms with Crippen LogP contribution >= 0.6 is 0 Å². The van der Waals surface area contributed by atoms with E-state index in [2.05, 4.69) is 15.0 Å². The van der Waals surface area contributed by atoms with Crippen LogP contribution in [-0.2, 0) is 6.54 Å². The van der Waals surface area contributed by atoms with Crippen LogP contribution in [-0.4, -0.2) is 44.4 Å². The van der Waals surface area contributed by atoms with Gasteiger partial charge >= 0.3 is 159 Å². The van der Waals surface area contributed by atoms with Crippen molar-refractivity contribution in [2.75, 3.05) is 13.2 Å². The summed E-state index contributed by atoms with van der Waals surface area (Å²) in [6.07, 6.45) is 1.05. The number of hydrogen-bond donors (Lipinski definition) is 2. The second-order valence-electron chi connectivity index (χ2n) is 5.44. The van der Waals surface area contributed by atoms with E-state index in [0.717, 1.165) is 10.9 Å². The molecular weight excluding hydrogens is 561 g/mol. The molecule has 0 fully saturated rings. The Morgan fingerprint density at radius 1 is 1.19 bits per heavy atom. The van der Waals surface area contributed by atoms with Gasteiger partial charge in [0.1, 0.15) is 0 Å². The SMILES string of the molecule is O=C(Oc1c(F)c(F)cc(F)c1F)c1cn(CC(CO)(CO)C[211At])nn1. The molecule has 2 N–H and O–H groups in total. The van der Waals surface area contributed by atoms with Crippen molar-refractivity contribution in [2.24, 2.45) is 5.41 Å². The van der Waals surface area contributed by atoms with Crippen molar-refractivity contribution in [1.82, 2.24) is 15.0 Å². The Morgan fingerprint density at radius 3 is 2.27 bits per heavy atom. The third kappa shape index (κ3) is 4.18. The molecular formula is C14H12AtF4N3O4. The zero-order valence-electron chi connectivity index (χ0n) is 12.9. The molecule has 0 radical (unpaired) electrons. The minimum atomic E-state index is -1.86. The molecule has 142 valence electrons. The maximum atomic E-state index is 13.5. The Balaban J connectivity index is 2.22. The Bertz CT molecular complexity index is 779. The molecule has 2 rings (SSSR count). The fraction of sp³-hybridized carbons (Fsp3) is 0.357. The molecule has 0 aliphatic carbocycles. The number of rotatable bonds is 7. The van der Waals surface area contributed by atoms with Crippen molar-refractivity contribution >= 4 is 5.97 Å². The summed E-state index contributed by atoms with van der Waals surface area (Å²) in [5.74, 6) is -10.1. The number of halogens is 4. The van der Waals surface area contributed by atoms with Gasteiger partial charge in [0, 0.05) is 0 Å². The maximum absolute atomic E-state index is 13.5. The van der Waals surface area contributed by atoms with Gasteiger partial charge in [-0.2, -0.15) is 0 Å². The summed E-state index contributed by atoms with van der Waals surface area (Å²) in [6, 6.07) is -0.0201. The number of ether oxygens (including phenoxy) is 1. The van der Waals surface area contributed by atoms with E-state index in [9.17, 15) is 32.6 Å². The van der Waals surface area contributed by atoms with Crippen LogP contribution in [0.25, 0.3) is 0 Å². The van der Waals surface area contributed by atoms with Gasteiger partial charge in [0.15, 0.2) is 0 Å². The van der Waals surface area contributed by atoms with Crippen molar-refractivity contribution < 1.29 is 62.0 Å². The van der Waals surface area contributed by atoms with Crippen LogP contribution in [0.15, 0.2) is 12.3 Å². The topological polar surface area (TPSA) is 97.5 Å². The first-order valence-electron chi connectivity index (χ1n) is 7.00. The van der Waals surface area contributed by atoms with Crippen molar-refractivity contribution in [3.8, 4) is 5.75 Å². The van der Waals surface area contributed by atoms with Gasteiger partial charge in [-0.05, 0) is 0 Å². The van der Waals surface area contributed by atoms with E-state index in [0.29, 0.717) is 4.13 Å². The first kappa shape index (κ1) is 20.7. The van der Waals surface area contributed by atoms with Crippen LogP contribution in [0, 0.1) is 53.4 Å². The second-order valence-corrected chi connectivity index (χ2v) is 6.48. The average molecular weight is 573 g/mol. The van der Waals surface area contributed by atoms with Crippen molar-refractivity contribution in [1.29, 1.82) is 0 Å². The number of esters is 1. The third-order valence-electron chi connectivity index (χ3n) is 3.47. The molecule has 0 bridgehead atoms. The summed E-state index contributed by atoms with van der Waals surface area (Å²) in [5, 5.41) is 25.9. The number of nitrogens with zero attached hydrogens (tertiary/aromatic N) is 3. The van der Waals surface area contributed by atoms with Crippen molar-refractivity contribution in [3.05, 3.63) is 41.2 Å². The molecule has 0 spiro atoms. The number of benzene rings is 1. The standard InChI is InChI=1S/C14H12AtF4N3O4/c15-3-14(5-23,6-24)4-22-2-9(20-21-22)13(25)26-12-10(18)7(16)1-8(17)11(12)19/h1-2,23-24H,3-6H2/i15+1. The van der Waals surface area contributed by atoms with Gasteiger partial charge in [0.25, 0.3) is 0 Å². The predicted octanol–water partition coefficient (Wildman–Crippen LogP) is 0.992. The summed E-state index contributed by atoms with van der Waals surface area (Å²) in [5.41, 5.74) is -1.38. The van der Waals surface area contributed by atoms with E-state index >= 15 is 0 Å². The molecule has 7 nitrogen and oxygen atoms in total. The Hall–Kier alpha value is -1.65. The van der Waals surface area contributed by atoms with Crippen LogP contribution in [0.3, 0.4) is 0 Å². The van der Waals surface area contributed by atoms with Crippen LogP contribution in [0.1, 0.15) is 10.5 Å². The minimum absolute atomic E-state index is 0.00803. The normalized spacial score (nSPS) is 11.7. The Morgan fingerprint density at radius 2 is 1.77 bits per heavy atom. The summed E-state index contributed by atoms with van der Waals surface area (Å²) in [4.78, 5) is 11.9. The van der Waals surface area contributed by atoms with E-state index in [1.807, 2.05) is 0 Å². The fourth-order valence-corrected chi connectivity index (χ4v) is 2.86. The third-order valence-corrected chi connectivity index (χ3v) is 5.67. The number of aromatic nitrogens is 3. The molecule has 1 aromatic carbocycles. The number of carbonyl (C=O) groups is 1. The molecule has 0 atom stereocenters. The molecule has 1 heterocycles. The van der Waals surface area contributed by atoms with Gasteiger partial charge in [-0.1, -0.05) is 0 Å². The molecule has 0 aliphatic heterocycles. The average Bonchev–Trinajstić information content (AvgIpc) is 3.10. The molecule has 12 heteroatoms. The summed E-state index contributed by atoms with van der Waals surface area (Å²) >= 11 is 1.31. The van der Waals surface area contributed by atoms with Crippen LogP contribution in [0.2, 0.25) is 4.13 Å². The molecule has 0 amide bonds. The van der Waals surface area contributed by atoms with Gasteiger partial charge in [-0.3, -0.25) is 0 Å². The van der Waals surface area contributed by atoms with Gasteiger partial charge in [-0.15, -0.1) is 0 Å². The number of carbonyl (C=O) groups excluding carboxylic acids is 1. The van der Waals surface area contributed by atoms with Crippen molar-refractivity contribution in [3.63, 3.8) is 0 Å². The Kier molecular flexibility index (Phi) is 6.65. The molecule has 2 aromatic rings. The number of hydrogen-bond acceptors (Lipinski definition) is 6. The van der Waals surface area contributed by atoms with E-state index in [4.69, 9.17) is 0 Å². The molecule has 0 aliphatic rings. The van der Waals surface area contributed by atoms with E-state index in [-0.39, 0.29) is 25.8 Å². The number of aliphatic hydroxyl groups is 2. The first-order valence-corrected chi connectivity index (χ1v) is 9.07. The van der Waals surface area contributed by atoms with E-state index < -0.39 is 46.1 Å². The van der Waals surface area contributed by atoms with Crippen LogP contribution < -0.4 is 4.74 Å². The molecule has 0 unspecified atom stereocenters. The molecule has 1 aromatic heterocycles. The van der Waals surface area contributed by atoms with E-state index in [1.165, 1.54) is 24.7 Å². The Labute approximate surface area is 159 Å². The van der Waals surface area contributed by atoms with Crippen LogP contribution in [0.5, 0.6) is 5.75 Å². The van der Waals surface area contributed by atoms with Crippen molar-refractivity contribution in [2.45, 2.75) is 10.7 Å². The molecule has 0 saturated carbocycles. The van der Waals surface area contributed by atoms with Gasteiger partial charge < -0.3 is 0 Å². The monoisotopic (exact) mass is 573 g/mol. The van der Waals surface area contributed by atoms with Crippen LogP contribution in [0.4, 0.5) is 17.6 Å². The summed E-state index contributed by atoms with van der Waals surface area (Å²) in [7, 11) is 0. The first-order chi connectivity index (χ1) is 12.3. The molecule has 0 saturated heterocycles. The van der Waals surface area contributed by atoms with Gasteiger partial charge in [0.05, 0.1) is 0 Å². The number of aliphatic hydroxyl groups excluding tert-OH is 2. The zero-order chi connectivity index (χ0) is 19.5. The predicted molar refractivity (Wildman–Crippen MR) is 72.7 cm³/mol. The molecule has 26 heavy (non-hydrogen) atoms. The second kappa shape index (κ2) is 8.36. The summed E-state index contributed by atoms with van der Waals surface area (Å²) < 4.78 is 59.2. The quantitative estimate of drug-likeness (QED) is 0.222. The zero-order valence-corrected chi connectivity index (χ0v) is 15.9.